The highest BCUT2D eigenvalue weighted by molar-refractivity contribution is 7.84. The molecule has 10 heteroatoms. The van der Waals surface area contributed by atoms with Crippen molar-refractivity contribution in [3.05, 3.63) is 47.8 Å². The standard InChI is InChI=1S/C19H25N5O4S/c20-29(26,27)28-10-13-7-14(8-17(13)25)23-18-9-19(22-11-21-18)24-16-6-5-12-3-1-2-4-15(12)16/h1-4,9,11,13-14,16-17,25H,5-8,10H2,(H2,20,26,27)(H2,21,22,23,24)/t13-,14?,16+,17+/m1/s1. The van der Waals surface area contributed by atoms with E-state index in [-0.39, 0.29) is 24.6 Å². The topological polar surface area (TPSA) is 139 Å². The van der Waals surface area contributed by atoms with E-state index in [1.165, 1.54) is 17.5 Å². The average Bonchev–Trinajstić information content (AvgIpc) is 3.23. The van der Waals surface area contributed by atoms with Gasteiger partial charge < -0.3 is 15.7 Å². The third-order valence-electron chi connectivity index (χ3n) is 5.58. The molecule has 5 N–H and O–H groups in total. The van der Waals surface area contributed by atoms with Gasteiger partial charge in [0.25, 0.3) is 0 Å². The van der Waals surface area contributed by atoms with E-state index in [4.69, 9.17) is 5.14 Å². The summed E-state index contributed by atoms with van der Waals surface area (Å²) >= 11 is 0. The summed E-state index contributed by atoms with van der Waals surface area (Å²) < 4.78 is 26.5. The van der Waals surface area contributed by atoms with Crippen molar-refractivity contribution >= 4 is 21.9 Å². The number of nitrogens with zero attached hydrogens (tertiary/aromatic N) is 2. The molecule has 1 aromatic carbocycles. The number of aromatic nitrogens is 2. The normalized spacial score (nSPS) is 26.3. The number of nitrogens with one attached hydrogen (secondary N) is 2. The number of aliphatic hydroxyl groups excluding tert-OH is 1. The van der Waals surface area contributed by atoms with Gasteiger partial charge in [0.15, 0.2) is 0 Å². The minimum atomic E-state index is -4.01. The molecule has 0 amide bonds. The first-order valence-corrected chi connectivity index (χ1v) is 11.1. The van der Waals surface area contributed by atoms with E-state index in [1.807, 2.05) is 12.1 Å². The third kappa shape index (κ3) is 5.02. The summed E-state index contributed by atoms with van der Waals surface area (Å²) in [7, 11) is -4.01. The fraction of sp³-hybridized carbons (Fsp3) is 0.474. The van der Waals surface area contributed by atoms with Crippen LogP contribution >= 0.6 is 0 Å². The molecular formula is C19H25N5O4S. The minimum absolute atomic E-state index is 0.0472. The van der Waals surface area contributed by atoms with E-state index in [9.17, 15) is 13.5 Å². The summed E-state index contributed by atoms with van der Waals surface area (Å²) in [4.78, 5) is 8.59. The van der Waals surface area contributed by atoms with Crippen molar-refractivity contribution in [2.24, 2.45) is 11.1 Å². The number of hydrogen-bond acceptors (Lipinski definition) is 8. The molecule has 1 fully saturated rings. The Labute approximate surface area is 170 Å². The Hall–Kier alpha value is -2.27. The number of benzene rings is 1. The second kappa shape index (κ2) is 8.23. The first-order chi connectivity index (χ1) is 13.9. The molecule has 2 aromatic rings. The third-order valence-corrected chi connectivity index (χ3v) is 6.04. The molecule has 2 aliphatic carbocycles. The van der Waals surface area contributed by atoms with Gasteiger partial charge in [-0.05, 0) is 36.8 Å². The van der Waals surface area contributed by atoms with Gasteiger partial charge >= 0.3 is 10.3 Å². The van der Waals surface area contributed by atoms with E-state index >= 15 is 0 Å². The first kappa shape index (κ1) is 20.0. The Bertz CT molecular complexity index is 971. The van der Waals surface area contributed by atoms with Gasteiger partial charge in [-0.1, -0.05) is 24.3 Å². The molecule has 2 aliphatic rings. The monoisotopic (exact) mass is 419 g/mol. The first-order valence-electron chi connectivity index (χ1n) is 9.65. The van der Waals surface area contributed by atoms with Crippen LogP contribution in [-0.4, -0.2) is 42.2 Å². The largest absolute Gasteiger partial charge is 0.393 e. The Kier molecular flexibility index (Phi) is 5.68. The van der Waals surface area contributed by atoms with Gasteiger partial charge in [-0.2, -0.15) is 8.42 Å². The van der Waals surface area contributed by atoms with Crippen molar-refractivity contribution in [2.45, 2.75) is 43.9 Å². The zero-order valence-electron chi connectivity index (χ0n) is 15.9. The Balaban J connectivity index is 1.36. The van der Waals surface area contributed by atoms with Crippen LogP contribution in [0.3, 0.4) is 0 Å². The summed E-state index contributed by atoms with van der Waals surface area (Å²) in [6.45, 7) is -0.129. The lowest BCUT2D eigenvalue weighted by atomic mass is 10.1. The quantitative estimate of drug-likeness (QED) is 0.527. The van der Waals surface area contributed by atoms with Crippen molar-refractivity contribution in [2.75, 3.05) is 17.2 Å². The molecule has 1 saturated carbocycles. The number of aliphatic hydroxyl groups is 1. The van der Waals surface area contributed by atoms with Crippen LogP contribution in [0.4, 0.5) is 11.6 Å². The number of aryl methyl sites for hydroxylation is 1. The summed E-state index contributed by atoms with van der Waals surface area (Å²) in [5.74, 6) is 1.08. The Morgan fingerprint density at radius 1 is 1.17 bits per heavy atom. The van der Waals surface area contributed by atoms with Crippen LogP contribution in [0.5, 0.6) is 0 Å². The van der Waals surface area contributed by atoms with E-state index in [1.54, 1.807) is 0 Å². The van der Waals surface area contributed by atoms with Crippen LogP contribution in [0.2, 0.25) is 0 Å². The molecule has 29 heavy (non-hydrogen) atoms. The average molecular weight is 420 g/mol. The van der Waals surface area contributed by atoms with Gasteiger partial charge in [0, 0.05) is 18.0 Å². The lowest BCUT2D eigenvalue weighted by molar-refractivity contribution is 0.101. The van der Waals surface area contributed by atoms with Crippen molar-refractivity contribution in [1.82, 2.24) is 9.97 Å². The number of fused-ring (bicyclic) bond motifs is 1. The molecule has 0 bridgehead atoms. The summed E-state index contributed by atoms with van der Waals surface area (Å²) in [5, 5.41) is 21.8. The lowest BCUT2D eigenvalue weighted by Crippen LogP contribution is -2.24. The molecule has 156 valence electrons. The maximum Gasteiger partial charge on any atom is 0.333 e. The molecule has 1 aromatic heterocycles. The van der Waals surface area contributed by atoms with Crippen LogP contribution in [0.15, 0.2) is 36.7 Å². The van der Waals surface area contributed by atoms with Crippen LogP contribution < -0.4 is 15.8 Å². The van der Waals surface area contributed by atoms with Crippen LogP contribution in [0, 0.1) is 5.92 Å². The fourth-order valence-corrected chi connectivity index (χ4v) is 4.56. The molecule has 4 atom stereocenters. The number of anilines is 2. The SMILES string of the molecule is NS(=O)(=O)OC[C@H]1CC(Nc2cc(N[C@H]3CCc4ccccc43)ncn2)C[C@@H]1O. The zero-order chi connectivity index (χ0) is 20.4. The molecule has 0 aliphatic heterocycles. The molecule has 0 spiro atoms. The predicted molar refractivity (Wildman–Crippen MR) is 108 cm³/mol. The highest BCUT2D eigenvalue weighted by Crippen LogP contribution is 2.34. The molecule has 0 saturated heterocycles. The summed E-state index contributed by atoms with van der Waals surface area (Å²) in [6.07, 6.45) is 3.93. The number of rotatable bonds is 7. The second-order valence-corrected chi connectivity index (χ2v) is 8.86. The fourth-order valence-electron chi connectivity index (χ4n) is 4.19. The van der Waals surface area contributed by atoms with E-state index < -0.39 is 16.4 Å². The number of nitrogens with two attached hydrogens (primary N) is 1. The smallest absolute Gasteiger partial charge is 0.333 e. The zero-order valence-corrected chi connectivity index (χ0v) is 16.7. The van der Waals surface area contributed by atoms with Gasteiger partial charge in [-0.3, -0.25) is 4.18 Å². The minimum Gasteiger partial charge on any atom is -0.393 e. The molecule has 1 unspecified atom stereocenters. The highest BCUT2D eigenvalue weighted by atomic mass is 32.2. The second-order valence-electron chi connectivity index (χ2n) is 7.64. The predicted octanol–water partition coefficient (Wildman–Crippen LogP) is 1.35. The highest BCUT2D eigenvalue weighted by Gasteiger charge is 2.34. The van der Waals surface area contributed by atoms with E-state index in [2.05, 4.69) is 43.0 Å². The molecule has 0 radical (unpaired) electrons. The molecule has 9 nitrogen and oxygen atoms in total. The van der Waals surface area contributed by atoms with Crippen molar-refractivity contribution < 1.29 is 17.7 Å². The maximum atomic E-state index is 11.0. The van der Waals surface area contributed by atoms with Gasteiger partial charge in [0.05, 0.1) is 18.8 Å². The van der Waals surface area contributed by atoms with E-state index in [0.717, 1.165) is 18.7 Å². The van der Waals surface area contributed by atoms with Gasteiger partial charge in [0.1, 0.15) is 18.0 Å². The Morgan fingerprint density at radius 3 is 2.72 bits per heavy atom. The Morgan fingerprint density at radius 2 is 1.93 bits per heavy atom. The number of hydrogen-bond donors (Lipinski definition) is 4. The van der Waals surface area contributed by atoms with Gasteiger partial charge in [-0.15, -0.1) is 0 Å². The summed E-state index contributed by atoms with van der Waals surface area (Å²) in [5.41, 5.74) is 2.67. The van der Waals surface area contributed by atoms with Crippen molar-refractivity contribution in [3.8, 4) is 0 Å². The molecule has 4 rings (SSSR count). The van der Waals surface area contributed by atoms with Crippen LogP contribution in [-0.2, 0) is 20.9 Å². The van der Waals surface area contributed by atoms with E-state index in [0.29, 0.717) is 18.7 Å². The van der Waals surface area contributed by atoms with Crippen LogP contribution in [0.25, 0.3) is 0 Å². The van der Waals surface area contributed by atoms with Crippen LogP contribution in [0.1, 0.15) is 36.4 Å². The molecule has 1 heterocycles. The van der Waals surface area contributed by atoms with Crippen molar-refractivity contribution in [1.29, 1.82) is 0 Å². The van der Waals surface area contributed by atoms with Gasteiger partial charge in [0.2, 0.25) is 0 Å². The van der Waals surface area contributed by atoms with Gasteiger partial charge in [-0.25, -0.2) is 15.1 Å². The lowest BCUT2D eigenvalue weighted by Gasteiger charge is -2.17. The van der Waals surface area contributed by atoms with Crippen molar-refractivity contribution in [3.63, 3.8) is 0 Å². The molecular weight excluding hydrogens is 394 g/mol. The summed E-state index contributed by atoms with van der Waals surface area (Å²) in [6, 6.07) is 10.4. The maximum absolute atomic E-state index is 11.0.